The van der Waals surface area contributed by atoms with Crippen LogP contribution in [0.25, 0.3) is 0 Å². The summed E-state index contributed by atoms with van der Waals surface area (Å²) in [6, 6.07) is 6.42. The highest BCUT2D eigenvalue weighted by Crippen LogP contribution is 2.32. The molecule has 0 bridgehead atoms. The Labute approximate surface area is 131 Å². The number of thioether (sulfide) groups is 2. The molecule has 5 nitrogen and oxygen atoms in total. The number of anilines is 2. The molecule has 21 heavy (non-hydrogen) atoms. The second kappa shape index (κ2) is 7.57. The Kier molecular flexibility index (Phi) is 5.76. The lowest BCUT2D eigenvalue weighted by atomic mass is 10.3. The molecule has 3 N–H and O–H groups in total. The van der Waals surface area contributed by atoms with Crippen molar-refractivity contribution < 1.29 is 13.6 Å². The standard InChI is InChI=1S/C11H10F2N4OS3/c12-9(13)20-7-4-2-1-3-6(7)15-8(18)5-19-11-17-16-10(14)21-11/h1-4,9H,5H2,(H2,14,16)(H,15,18). The molecule has 1 aromatic heterocycles. The summed E-state index contributed by atoms with van der Waals surface area (Å²) in [7, 11) is 0. The van der Waals surface area contributed by atoms with Gasteiger partial charge in [0.25, 0.3) is 5.76 Å². The number of halogens is 2. The van der Waals surface area contributed by atoms with E-state index in [0.29, 0.717) is 31.8 Å². The maximum Gasteiger partial charge on any atom is 0.288 e. The lowest BCUT2D eigenvalue weighted by Gasteiger charge is -2.09. The predicted molar refractivity (Wildman–Crippen MR) is 82.0 cm³/mol. The SMILES string of the molecule is Nc1nnc(SCC(=O)Nc2ccccc2SC(F)F)s1. The fourth-order valence-electron chi connectivity index (χ4n) is 1.36. The second-order valence-electron chi connectivity index (χ2n) is 3.62. The van der Waals surface area contributed by atoms with E-state index < -0.39 is 5.76 Å². The van der Waals surface area contributed by atoms with Gasteiger partial charge in [-0.2, -0.15) is 8.78 Å². The van der Waals surface area contributed by atoms with E-state index in [1.807, 2.05) is 0 Å². The molecule has 0 aliphatic carbocycles. The highest BCUT2D eigenvalue weighted by atomic mass is 32.2. The van der Waals surface area contributed by atoms with Crippen molar-refractivity contribution in [2.24, 2.45) is 0 Å². The number of nitrogens with zero attached hydrogens (tertiary/aromatic N) is 2. The van der Waals surface area contributed by atoms with Gasteiger partial charge in [0, 0.05) is 4.90 Å². The van der Waals surface area contributed by atoms with Crippen molar-refractivity contribution in [2.45, 2.75) is 15.0 Å². The van der Waals surface area contributed by atoms with Crippen molar-refractivity contribution in [2.75, 3.05) is 16.8 Å². The van der Waals surface area contributed by atoms with Crippen LogP contribution in [-0.4, -0.2) is 27.6 Å². The number of nitrogen functional groups attached to an aromatic ring is 1. The average Bonchev–Trinajstić information content (AvgIpc) is 2.84. The van der Waals surface area contributed by atoms with E-state index >= 15 is 0 Å². The molecular weight excluding hydrogens is 338 g/mol. The first-order valence-corrected chi connectivity index (χ1v) is 8.28. The summed E-state index contributed by atoms with van der Waals surface area (Å²) >= 11 is 2.76. The molecular formula is C11H10F2N4OS3. The Morgan fingerprint density at radius 3 is 2.81 bits per heavy atom. The first-order chi connectivity index (χ1) is 10.0. The Balaban J connectivity index is 1.93. The Morgan fingerprint density at radius 2 is 2.14 bits per heavy atom. The maximum absolute atomic E-state index is 12.4. The van der Waals surface area contributed by atoms with Gasteiger partial charge in [-0.15, -0.1) is 10.2 Å². The van der Waals surface area contributed by atoms with Gasteiger partial charge in [0.1, 0.15) is 0 Å². The van der Waals surface area contributed by atoms with Gasteiger partial charge in [0.15, 0.2) is 4.34 Å². The summed E-state index contributed by atoms with van der Waals surface area (Å²) in [5.41, 5.74) is 5.80. The second-order valence-corrected chi connectivity index (χ2v) is 6.88. The van der Waals surface area contributed by atoms with Gasteiger partial charge in [-0.1, -0.05) is 47.0 Å². The van der Waals surface area contributed by atoms with E-state index in [1.54, 1.807) is 18.2 Å². The number of aromatic nitrogens is 2. The van der Waals surface area contributed by atoms with Gasteiger partial charge in [-0.05, 0) is 12.1 Å². The summed E-state index contributed by atoms with van der Waals surface area (Å²) in [4.78, 5) is 12.2. The Hall–Kier alpha value is -1.39. The number of nitrogens with two attached hydrogens (primary N) is 1. The fourth-order valence-corrected chi connectivity index (χ4v) is 3.39. The summed E-state index contributed by atoms with van der Waals surface area (Å²) < 4.78 is 25.4. The molecule has 0 radical (unpaired) electrons. The van der Waals surface area contributed by atoms with Gasteiger partial charge in [-0.3, -0.25) is 4.79 Å². The van der Waals surface area contributed by atoms with Crippen LogP contribution in [-0.2, 0) is 4.79 Å². The number of rotatable bonds is 6. The molecule has 112 valence electrons. The minimum atomic E-state index is -2.54. The lowest BCUT2D eigenvalue weighted by Crippen LogP contribution is -2.14. The molecule has 2 aromatic rings. The van der Waals surface area contributed by atoms with Crippen LogP contribution in [0.15, 0.2) is 33.5 Å². The number of hydrogen-bond donors (Lipinski definition) is 2. The Bertz CT molecular complexity index is 623. The van der Waals surface area contributed by atoms with E-state index in [4.69, 9.17) is 5.73 Å². The largest absolute Gasteiger partial charge is 0.374 e. The minimum Gasteiger partial charge on any atom is -0.374 e. The van der Waals surface area contributed by atoms with Gasteiger partial charge < -0.3 is 11.1 Å². The van der Waals surface area contributed by atoms with Crippen molar-refractivity contribution in [3.63, 3.8) is 0 Å². The van der Waals surface area contributed by atoms with E-state index in [0.717, 1.165) is 0 Å². The molecule has 10 heteroatoms. The minimum absolute atomic E-state index is 0.0995. The zero-order chi connectivity index (χ0) is 15.2. The third kappa shape index (κ3) is 5.14. The number of carbonyl (C=O) groups excluding carboxylic acids is 1. The Morgan fingerprint density at radius 1 is 1.38 bits per heavy atom. The molecule has 1 aromatic carbocycles. The van der Waals surface area contributed by atoms with Gasteiger partial charge in [0.05, 0.1) is 11.4 Å². The molecule has 1 heterocycles. The van der Waals surface area contributed by atoms with E-state index in [-0.39, 0.29) is 11.7 Å². The van der Waals surface area contributed by atoms with Crippen LogP contribution in [0.3, 0.4) is 0 Å². The van der Waals surface area contributed by atoms with E-state index in [9.17, 15) is 13.6 Å². The van der Waals surface area contributed by atoms with Crippen LogP contribution < -0.4 is 11.1 Å². The van der Waals surface area contributed by atoms with Crippen molar-refractivity contribution in [3.05, 3.63) is 24.3 Å². The van der Waals surface area contributed by atoms with Gasteiger partial charge >= 0.3 is 0 Å². The smallest absolute Gasteiger partial charge is 0.288 e. The van der Waals surface area contributed by atoms with Crippen LogP contribution in [0, 0.1) is 0 Å². The molecule has 0 aliphatic heterocycles. The molecule has 0 saturated carbocycles. The van der Waals surface area contributed by atoms with Crippen LogP contribution >= 0.6 is 34.9 Å². The summed E-state index contributed by atoms with van der Waals surface area (Å²) in [5.74, 6) is -2.75. The molecule has 2 rings (SSSR count). The zero-order valence-electron chi connectivity index (χ0n) is 10.5. The number of amides is 1. The van der Waals surface area contributed by atoms with Crippen molar-refractivity contribution in [1.29, 1.82) is 0 Å². The highest BCUT2D eigenvalue weighted by molar-refractivity contribution is 8.01. The van der Waals surface area contributed by atoms with Gasteiger partial charge in [-0.25, -0.2) is 0 Å². The predicted octanol–water partition coefficient (Wildman–Crippen LogP) is 3.17. The summed E-state index contributed by atoms with van der Waals surface area (Å²) in [6.07, 6.45) is 0. The fraction of sp³-hybridized carbons (Fsp3) is 0.182. The average molecular weight is 348 g/mol. The highest BCUT2D eigenvalue weighted by Gasteiger charge is 2.12. The van der Waals surface area contributed by atoms with E-state index in [1.165, 1.54) is 29.2 Å². The molecule has 0 fully saturated rings. The monoisotopic (exact) mass is 348 g/mol. The third-order valence-electron chi connectivity index (χ3n) is 2.13. The number of alkyl halides is 2. The third-order valence-corrected chi connectivity index (χ3v) is 4.80. The van der Waals surface area contributed by atoms with Crippen molar-refractivity contribution >= 4 is 51.6 Å². The number of benzene rings is 1. The topological polar surface area (TPSA) is 80.9 Å². The van der Waals surface area contributed by atoms with Crippen molar-refractivity contribution in [3.8, 4) is 0 Å². The molecule has 0 saturated heterocycles. The number of hydrogen-bond acceptors (Lipinski definition) is 7. The molecule has 0 unspecified atom stereocenters. The van der Waals surface area contributed by atoms with Crippen LogP contribution in [0.5, 0.6) is 0 Å². The molecule has 0 aliphatic rings. The van der Waals surface area contributed by atoms with Crippen LogP contribution in [0.1, 0.15) is 0 Å². The number of para-hydroxylation sites is 1. The number of nitrogens with one attached hydrogen (secondary N) is 1. The zero-order valence-corrected chi connectivity index (χ0v) is 12.9. The normalized spacial score (nSPS) is 10.8. The van der Waals surface area contributed by atoms with Crippen LogP contribution in [0.4, 0.5) is 19.6 Å². The molecule has 1 amide bonds. The van der Waals surface area contributed by atoms with Crippen molar-refractivity contribution in [1.82, 2.24) is 10.2 Å². The molecule has 0 spiro atoms. The first-order valence-electron chi connectivity index (χ1n) is 5.60. The quantitative estimate of drug-likeness (QED) is 0.781. The van der Waals surface area contributed by atoms with E-state index in [2.05, 4.69) is 15.5 Å². The lowest BCUT2D eigenvalue weighted by molar-refractivity contribution is -0.113. The number of carbonyl (C=O) groups is 1. The summed E-state index contributed by atoms with van der Waals surface area (Å²) in [6.45, 7) is 0. The molecule has 0 atom stereocenters. The van der Waals surface area contributed by atoms with Gasteiger partial charge in [0.2, 0.25) is 11.0 Å². The summed E-state index contributed by atoms with van der Waals surface area (Å²) in [5, 5.41) is 10.3. The maximum atomic E-state index is 12.4. The first kappa shape index (κ1) is 16.0. The van der Waals surface area contributed by atoms with Crippen LogP contribution in [0.2, 0.25) is 0 Å².